The van der Waals surface area contributed by atoms with E-state index in [9.17, 15) is 0 Å². The normalized spacial score (nSPS) is 30.5. The van der Waals surface area contributed by atoms with Gasteiger partial charge in [0, 0.05) is 18.7 Å². The first-order valence-corrected chi connectivity index (χ1v) is 8.03. The average Bonchev–Trinajstić information content (AvgIpc) is 2.77. The maximum absolute atomic E-state index is 6.10. The van der Waals surface area contributed by atoms with Crippen molar-refractivity contribution in [1.29, 1.82) is 0 Å². The van der Waals surface area contributed by atoms with Gasteiger partial charge in [0.25, 0.3) is 0 Å². The van der Waals surface area contributed by atoms with Crippen molar-refractivity contribution in [2.45, 2.75) is 89.8 Å². The van der Waals surface area contributed by atoms with Gasteiger partial charge in [0.2, 0.25) is 0 Å². The average molecular weight is 253 g/mol. The lowest BCUT2D eigenvalue weighted by Crippen LogP contribution is -2.48. The van der Waals surface area contributed by atoms with Crippen LogP contribution in [0.2, 0.25) is 0 Å². The molecule has 0 radical (unpaired) electrons. The van der Waals surface area contributed by atoms with Crippen molar-refractivity contribution in [1.82, 2.24) is 5.32 Å². The van der Waals surface area contributed by atoms with E-state index in [1.54, 1.807) is 0 Å². The third-order valence-corrected chi connectivity index (χ3v) is 4.98. The van der Waals surface area contributed by atoms with Crippen molar-refractivity contribution in [2.75, 3.05) is 6.61 Å². The molecule has 0 aromatic heterocycles. The predicted octanol–water partition coefficient (Wildman–Crippen LogP) is 3.89. The maximum atomic E-state index is 6.10. The monoisotopic (exact) mass is 253 g/mol. The molecule has 2 nitrogen and oxygen atoms in total. The molecule has 0 amide bonds. The fourth-order valence-electron chi connectivity index (χ4n) is 3.78. The summed E-state index contributed by atoms with van der Waals surface area (Å²) in [5, 5.41) is 3.86. The Balaban J connectivity index is 1.78. The van der Waals surface area contributed by atoms with E-state index in [4.69, 9.17) is 4.74 Å². The van der Waals surface area contributed by atoms with Gasteiger partial charge in [-0.25, -0.2) is 0 Å². The predicted molar refractivity (Wildman–Crippen MR) is 76.8 cm³/mol. The number of hydrogen-bond donors (Lipinski definition) is 1. The highest BCUT2D eigenvalue weighted by Crippen LogP contribution is 2.40. The summed E-state index contributed by atoms with van der Waals surface area (Å²) in [6, 6.07) is 1.34. The molecule has 18 heavy (non-hydrogen) atoms. The molecular weight excluding hydrogens is 222 g/mol. The Morgan fingerprint density at radius 2 is 2.00 bits per heavy atom. The SMILES string of the molecule is CCC(C)CC(C)NC1CCOC2(CCCC2)C1. The van der Waals surface area contributed by atoms with Crippen LogP contribution >= 0.6 is 0 Å². The zero-order valence-corrected chi connectivity index (χ0v) is 12.5. The highest BCUT2D eigenvalue weighted by molar-refractivity contribution is 4.94. The van der Waals surface area contributed by atoms with Gasteiger partial charge in [-0.2, -0.15) is 0 Å². The lowest BCUT2D eigenvalue weighted by molar-refractivity contribution is -0.0847. The van der Waals surface area contributed by atoms with E-state index in [1.165, 1.54) is 51.4 Å². The molecule has 0 aromatic carbocycles. The second-order valence-corrected chi connectivity index (χ2v) is 6.75. The zero-order valence-electron chi connectivity index (χ0n) is 12.5. The molecule has 1 aliphatic heterocycles. The van der Waals surface area contributed by atoms with E-state index >= 15 is 0 Å². The first kappa shape index (κ1) is 14.3. The minimum Gasteiger partial charge on any atom is -0.375 e. The number of ether oxygens (including phenoxy) is 1. The largest absolute Gasteiger partial charge is 0.375 e. The molecular formula is C16H31NO. The van der Waals surface area contributed by atoms with Crippen LogP contribution in [0.4, 0.5) is 0 Å². The molecule has 2 heteroatoms. The molecule has 1 N–H and O–H groups in total. The number of hydrogen-bond acceptors (Lipinski definition) is 2. The summed E-state index contributed by atoms with van der Waals surface area (Å²) in [4.78, 5) is 0. The maximum Gasteiger partial charge on any atom is 0.0697 e. The second-order valence-electron chi connectivity index (χ2n) is 6.75. The molecule has 1 saturated heterocycles. The summed E-state index contributed by atoms with van der Waals surface area (Å²) in [5.74, 6) is 0.841. The Hall–Kier alpha value is -0.0800. The van der Waals surface area contributed by atoms with Crippen LogP contribution in [0.3, 0.4) is 0 Å². The quantitative estimate of drug-likeness (QED) is 0.802. The Morgan fingerprint density at radius 3 is 2.67 bits per heavy atom. The van der Waals surface area contributed by atoms with Gasteiger partial charge in [0.15, 0.2) is 0 Å². The minimum atomic E-state index is 0.256. The molecule has 2 rings (SSSR count). The van der Waals surface area contributed by atoms with E-state index in [-0.39, 0.29) is 5.60 Å². The molecule has 1 aliphatic carbocycles. The smallest absolute Gasteiger partial charge is 0.0697 e. The van der Waals surface area contributed by atoms with Crippen molar-refractivity contribution in [2.24, 2.45) is 5.92 Å². The van der Waals surface area contributed by atoms with E-state index in [1.807, 2.05) is 0 Å². The van der Waals surface area contributed by atoms with Gasteiger partial charge < -0.3 is 10.1 Å². The van der Waals surface area contributed by atoms with Crippen molar-refractivity contribution in [3.8, 4) is 0 Å². The van der Waals surface area contributed by atoms with E-state index in [0.29, 0.717) is 12.1 Å². The van der Waals surface area contributed by atoms with Gasteiger partial charge >= 0.3 is 0 Å². The molecule has 2 fully saturated rings. The summed E-state index contributed by atoms with van der Waals surface area (Å²) >= 11 is 0. The summed E-state index contributed by atoms with van der Waals surface area (Å²) < 4.78 is 6.10. The van der Waals surface area contributed by atoms with Gasteiger partial charge in [-0.05, 0) is 44.9 Å². The van der Waals surface area contributed by atoms with Gasteiger partial charge in [-0.1, -0.05) is 33.1 Å². The lowest BCUT2D eigenvalue weighted by Gasteiger charge is -2.40. The Labute approximate surface area is 113 Å². The molecule has 1 heterocycles. The van der Waals surface area contributed by atoms with Crippen LogP contribution in [-0.4, -0.2) is 24.3 Å². The van der Waals surface area contributed by atoms with E-state index < -0.39 is 0 Å². The van der Waals surface area contributed by atoms with Gasteiger partial charge in [0.05, 0.1) is 5.60 Å². The highest BCUT2D eigenvalue weighted by Gasteiger charge is 2.39. The fourth-order valence-corrected chi connectivity index (χ4v) is 3.78. The first-order valence-electron chi connectivity index (χ1n) is 8.03. The third-order valence-electron chi connectivity index (χ3n) is 4.98. The van der Waals surface area contributed by atoms with Crippen LogP contribution in [0.1, 0.15) is 72.1 Å². The molecule has 0 aromatic rings. The van der Waals surface area contributed by atoms with Crippen LogP contribution in [0.15, 0.2) is 0 Å². The van der Waals surface area contributed by atoms with Crippen LogP contribution in [0, 0.1) is 5.92 Å². The highest BCUT2D eigenvalue weighted by atomic mass is 16.5. The molecule has 1 spiro atoms. The number of nitrogens with one attached hydrogen (secondary N) is 1. The summed E-state index contributed by atoms with van der Waals surface area (Å²) in [7, 11) is 0. The van der Waals surface area contributed by atoms with Crippen LogP contribution in [0.5, 0.6) is 0 Å². The summed E-state index contributed by atoms with van der Waals surface area (Å²) in [6.45, 7) is 7.97. The number of rotatable bonds is 5. The first-order chi connectivity index (χ1) is 8.63. The second kappa shape index (κ2) is 6.38. The summed E-state index contributed by atoms with van der Waals surface area (Å²) in [5.41, 5.74) is 0.256. The molecule has 3 unspecified atom stereocenters. The van der Waals surface area contributed by atoms with Crippen molar-refractivity contribution in [3.05, 3.63) is 0 Å². The molecule has 106 valence electrons. The minimum absolute atomic E-state index is 0.256. The fraction of sp³-hybridized carbons (Fsp3) is 1.00. The zero-order chi connectivity index (χ0) is 13.0. The van der Waals surface area contributed by atoms with Crippen LogP contribution in [-0.2, 0) is 4.74 Å². The standard InChI is InChI=1S/C16H31NO/c1-4-13(2)11-14(3)17-15-7-10-18-16(12-15)8-5-6-9-16/h13-15,17H,4-12H2,1-3H3. The molecule has 2 aliphatic rings. The Bertz CT molecular complexity index is 247. The Morgan fingerprint density at radius 1 is 1.28 bits per heavy atom. The van der Waals surface area contributed by atoms with Crippen LogP contribution in [0.25, 0.3) is 0 Å². The van der Waals surface area contributed by atoms with Crippen LogP contribution < -0.4 is 5.32 Å². The molecule has 3 atom stereocenters. The van der Waals surface area contributed by atoms with E-state index in [0.717, 1.165) is 12.5 Å². The van der Waals surface area contributed by atoms with E-state index in [2.05, 4.69) is 26.1 Å². The molecule has 1 saturated carbocycles. The lowest BCUT2D eigenvalue weighted by atomic mass is 9.88. The Kier molecular flexibility index (Phi) is 5.08. The van der Waals surface area contributed by atoms with Crippen molar-refractivity contribution >= 4 is 0 Å². The van der Waals surface area contributed by atoms with Crippen molar-refractivity contribution < 1.29 is 4.74 Å². The van der Waals surface area contributed by atoms with Gasteiger partial charge in [-0.15, -0.1) is 0 Å². The summed E-state index contributed by atoms with van der Waals surface area (Å²) in [6.07, 6.45) is 10.4. The van der Waals surface area contributed by atoms with Gasteiger partial charge in [-0.3, -0.25) is 0 Å². The molecule has 0 bridgehead atoms. The third kappa shape index (κ3) is 3.71. The van der Waals surface area contributed by atoms with Crippen molar-refractivity contribution in [3.63, 3.8) is 0 Å². The topological polar surface area (TPSA) is 21.3 Å². The van der Waals surface area contributed by atoms with Gasteiger partial charge in [0.1, 0.15) is 0 Å².